The van der Waals surface area contributed by atoms with Gasteiger partial charge >= 0.3 is 0 Å². The van der Waals surface area contributed by atoms with Gasteiger partial charge in [0.25, 0.3) is 0 Å². The van der Waals surface area contributed by atoms with Crippen LogP contribution in [0.3, 0.4) is 0 Å². The van der Waals surface area contributed by atoms with Crippen LogP contribution in [0.1, 0.15) is 77.0 Å². The second-order valence-electron chi connectivity index (χ2n) is 9.11. The summed E-state index contributed by atoms with van der Waals surface area (Å²) in [5.41, 5.74) is 0. The predicted molar refractivity (Wildman–Crippen MR) is 110 cm³/mol. The molecule has 4 nitrogen and oxygen atoms in total. The van der Waals surface area contributed by atoms with E-state index in [1.807, 2.05) is 0 Å². The number of piperidine rings is 4. The molecule has 1 aliphatic carbocycles. The Kier molecular flexibility index (Phi) is 9.54. The van der Waals surface area contributed by atoms with Gasteiger partial charge < -0.3 is 21.3 Å². The van der Waals surface area contributed by atoms with Crippen LogP contribution in [0.25, 0.3) is 21.3 Å². The molecule has 5 aliphatic rings. The Hall–Kier alpha value is 0.489. The van der Waals surface area contributed by atoms with Gasteiger partial charge in [-0.25, -0.2) is 0 Å². The van der Waals surface area contributed by atoms with Crippen molar-refractivity contribution in [2.75, 3.05) is 26.2 Å². The number of hydrogen-bond donors (Lipinski definition) is 0. The van der Waals surface area contributed by atoms with Crippen molar-refractivity contribution in [2.24, 2.45) is 11.8 Å². The number of fused-ring (bicyclic) bond motifs is 3. The van der Waals surface area contributed by atoms with Crippen LogP contribution in [-0.4, -0.2) is 50.3 Å². The van der Waals surface area contributed by atoms with Crippen LogP contribution in [0, 0.1) is 11.8 Å². The van der Waals surface area contributed by atoms with Crippen molar-refractivity contribution in [1.29, 1.82) is 0 Å². The Morgan fingerprint density at radius 1 is 0.407 bits per heavy atom. The van der Waals surface area contributed by atoms with E-state index in [1.165, 1.54) is 77.0 Å². The van der Waals surface area contributed by atoms with Crippen LogP contribution >= 0.6 is 0 Å². The van der Waals surface area contributed by atoms with E-state index in [0.29, 0.717) is 24.2 Å². The van der Waals surface area contributed by atoms with Gasteiger partial charge in [-0.15, -0.1) is 38.3 Å². The van der Waals surface area contributed by atoms with E-state index in [1.54, 1.807) is 0 Å². The molecule has 5 fully saturated rings. The molecule has 0 amide bonds. The fourth-order valence-corrected chi connectivity index (χ4v) is 5.91. The van der Waals surface area contributed by atoms with Crippen molar-refractivity contribution >= 4 is 0 Å². The molecule has 5 rings (SSSR count). The molecule has 4 heterocycles. The first-order chi connectivity index (χ1) is 12.9. The third-order valence-electron chi connectivity index (χ3n) is 7.36. The van der Waals surface area contributed by atoms with Gasteiger partial charge in [-0.1, -0.05) is 88.9 Å². The van der Waals surface area contributed by atoms with Gasteiger partial charge in [0.05, 0.1) is 0 Å². The molecule has 6 atom stereocenters. The van der Waals surface area contributed by atoms with Crippen LogP contribution in [0.4, 0.5) is 0 Å². The Morgan fingerprint density at radius 3 is 1.26 bits per heavy atom. The minimum Gasteiger partial charge on any atom is -0.661 e. The third-order valence-corrected chi connectivity index (χ3v) is 7.36. The average Bonchev–Trinajstić information content (AvgIpc) is 2.75. The molecule has 0 aromatic carbocycles. The SMILES string of the molecule is C1CCC(C2CCCC[N-]2)[N-]C1.C1C[N-]C2C(C1)CCC1CCC[N-]C12.[Ir]. The summed E-state index contributed by atoms with van der Waals surface area (Å²) in [6, 6.07) is 2.45. The summed E-state index contributed by atoms with van der Waals surface area (Å²) in [5, 5.41) is 19.0. The van der Waals surface area contributed by atoms with Crippen LogP contribution in [0.2, 0.25) is 0 Å². The molecular formula is C22H38IrN4-4. The maximum Gasteiger partial charge on any atom is 0 e. The van der Waals surface area contributed by atoms with Gasteiger partial charge in [0, 0.05) is 20.1 Å². The van der Waals surface area contributed by atoms with Gasteiger partial charge in [-0.2, -0.15) is 12.1 Å². The van der Waals surface area contributed by atoms with E-state index in [-0.39, 0.29) is 20.1 Å². The Balaban J connectivity index is 0.000000152. The first kappa shape index (κ1) is 22.2. The molecule has 1 saturated carbocycles. The molecule has 5 heteroatoms. The second-order valence-corrected chi connectivity index (χ2v) is 9.11. The van der Waals surface area contributed by atoms with Gasteiger partial charge in [-0.05, 0) is 0 Å². The summed E-state index contributed by atoms with van der Waals surface area (Å²) in [5.74, 6) is 1.79. The minimum absolute atomic E-state index is 0. The van der Waals surface area contributed by atoms with E-state index in [4.69, 9.17) is 10.6 Å². The van der Waals surface area contributed by atoms with Crippen molar-refractivity contribution in [3.05, 3.63) is 21.3 Å². The van der Waals surface area contributed by atoms with E-state index in [2.05, 4.69) is 10.6 Å². The van der Waals surface area contributed by atoms with Crippen molar-refractivity contribution in [3.8, 4) is 0 Å². The van der Waals surface area contributed by atoms with Crippen molar-refractivity contribution in [2.45, 2.75) is 101 Å². The fraction of sp³-hybridized carbons (Fsp3) is 1.00. The zero-order valence-electron chi connectivity index (χ0n) is 16.9. The van der Waals surface area contributed by atoms with E-state index in [0.717, 1.165) is 38.0 Å². The van der Waals surface area contributed by atoms with Crippen LogP contribution in [-0.2, 0) is 20.1 Å². The Morgan fingerprint density at radius 2 is 0.852 bits per heavy atom. The summed E-state index contributed by atoms with van der Waals surface area (Å²) in [7, 11) is 0. The van der Waals surface area contributed by atoms with Gasteiger partial charge in [-0.3, -0.25) is 0 Å². The first-order valence-corrected chi connectivity index (χ1v) is 11.6. The molecule has 4 saturated heterocycles. The maximum atomic E-state index is 4.84. The minimum atomic E-state index is 0. The van der Waals surface area contributed by atoms with Crippen molar-refractivity contribution in [1.82, 2.24) is 0 Å². The summed E-state index contributed by atoms with van der Waals surface area (Å²) in [6.07, 6.45) is 16.3. The molecule has 0 bridgehead atoms. The summed E-state index contributed by atoms with van der Waals surface area (Å²) >= 11 is 0. The molecule has 159 valence electrons. The molecule has 0 aromatic heterocycles. The van der Waals surface area contributed by atoms with E-state index in [9.17, 15) is 0 Å². The molecule has 0 spiro atoms. The molecule has 4 aliphatic heterocycles. The fourth-order valence-electron chi connectivity index (χ4n) is 5.91. The molecule has 1 radical (unpaired) electrons. The second kappa shape index (κ2) is 11.6. The van der Waals surface area contributed by atoms with Crippen molar-refractivity contribution < 1.29 is 20.1 Å². The first-order valence-electron chi connectivity index (χ1n) is 11.6. The number of rotatable bonds is 1. The average molecular weight is 551 g/mol. The Labute approximate surface area is 180 Å². The van der Waals surface area contributed by atoms with Crippen LogP contribution < -0.4 is 0 Å². The zero-order chi connectivity index (χ0) is 17.6. The van der Waals surface area contributed by atoms with Gasteiger partial charge in [0.15, 0.2) is 0 Å². The summed E-state index contributed by atoms with van der Waals surface area (Å²) in [6.45, 7) is 4.41. The number of hydrogen-bond acceptors (Lipinski definition) is 0. The standard InChI is InChI=1S/C12H20N2.C10H18N2.Ir/c1-3-9-5-6-10-4-2-8-14-12(10)11(9)13-7-1;1-3-7-11-9(5-1)10-6-2-4-8-12-10;/h9-12H,1-8H2;9-10H,1-8H2;/q2*-2;. The normalized spacial score (nSPS) is 41.8. The molecular weight excluding hydrogens is 512 g/mol. The Bertz CT molecular complexity index is 371. The van der Waals surface area contributed by atoms with Gasteiger partial charge in [0.1, 0.15) is 0 Å². The maximum absolute atomic E-state index is 4.84. The topological polar surface area (TPSA) is 56.4 Å². The van der Waals surface area contributed by atoms with Gasteiger partial charge in [0.2, 0.25) is 0 Å². The molecule has 6 unspecified atom stereocenters. The summed E-state index contributed by atoms with van der Waals surface area (Å²) in [4.78, 5) is 0. The van der Waals surface area contributed by atoms with E-state index >= 15 is 0 Å². The molecule has 0 aromatic rings. The monoisotopic (exact) mass is 551 g/mol. The molecule has 27 heavy (non-hydrogen) atoms. The quantitative estimate of drug-likeness (QED) is 0.389. The van der Waals surface area contributed by atoms with Crippen LogP contribution in [0.5, 0.6) is 0 Å². The number of nitrogens with zero attached hydrogens (tertiary/aromatic N) is 4. The smallest absolute Gasteiger partial charge is 0 e. The van der Waals surface area contributed by atoms with Crippen LogP contribution in [0.15, 0.2) is 0 Å². The third kappa shape index (κ3) is 5.99. The zero-order valence-corrected chi connectivity index (χ0v) is 19.3. The van der Waals surface area contributed by atoms with E-state index < -0.39 is 0 Å². The largest absolute Gasteiger partial charge is 0.661 e. The summed E-state index contributed by atoms with van der Waals surface area (Å²) < 4.78 is 0. The molecule has 0 N–H and O–H groups in total. The predicted octanol–water partition coefficient (Wildman–Crippen LogP) is 5.92. The van der Waals surface area contributed by atoms with Crippen molar-refractivity contribution in [3.63, 3.8) is 0 Å².